The van der Waals surface area contributed by atoms with Crippen LogP contribution in [-0.4, -0.2) is 41.2 Å². The Labute approximate surface area is 137 Å². The molecule has 0 radical (unpaired) electrons. The fourth-order valence-electron chi connectivity index (χ4n) is 1.89. The number of hydrogen-bond donors (Lipinski definition) is 3. The highest BCUT2D eigenvalue weighted by Gasteiger charge is 2.19. The minimum Gasteiger partial charge on any atom is -0.354 e. The topological polar surface area (TPSA) is 88.1 Å². The molecule has 7 nitrogen and oxygen atoms in total. The summed E-state index contributed by atoms with van der Waals surface area (Å²) in [5, 5.41) is 12.6. The number of aryl methyl sites for hydroxylation is 1. The molecule has 0 saturated carbocycles. The molecule has 1 heterocycles. The number of nitrogens with one attached hydrogen (secondary N) is 3. The highest BCUT2D eigenvalue weighted by molar-refractivity contribution is 5.85. The smallest absolute Gasteiger partial charge is 0.241 e. The first kappa shape index (κ1) is 20.4. The number of likely N-dealkylation sites (N-methyl/N-ethyl adjacent to an activating group) is 1. The molecule has 0 aliphatic heterocycles. The number of hydrogen-bond acceptors (Lipinski definition) is 4. The SMILES string of the molecule is CCC(C)NC(=O)CCNC(=O)C(NC)c1cnn(C)c1.Cl. The zero-order valence-corrected chi connectivity index (χ0v) is 14.4. The maximum absolute atomic E-state index is 12.1. The first-order chi connectivity index (χ1) is 9.97. The number of carbonyl (C=O) groups excluding carboxylic acids is 2. The monoisotopic (exact) mass is 331 g/mol. The van der Waals surface area contributed by atoms with Crippen molar-refractivity contribution in [1.82, 2.24) is 25.7 Å². The van der Waals surface area contributed by atoms with Gasteiger partial charge in [-0.1, -0.05) is 6.92 Å². The van der Waals surface area contributed by atoms with Crippen molar-refractivity contribution in [2.45, 2.75) is 38.8 Å². The molecule has 0 aliphatic carbocycles. The van der Waals surface area contributed by atoms with Crippen molar-refractivity contribution in [3.8, 4) is 0 Å². The van der Waals surface area contributed by atoms with Gasteiger partial charge in [0.2, 0.25) is 11.8 Å². The van der Waals surface area contributed by atoms with Gasteiger partial charge in [-0.05, 0) is 20.4 Å². The van der Waals surface area contributed by atoms with Crippen LogP contribution in [0.25, 0.3) is 0 Å². The van der Waals surface area contributed by atoms with Gasteiger partial charge in [0.1, 0.15) is 6.04 Å². The van der Waals surface area contributed by atoms with Crippen molar-refractivity contribution in [3.05, 3.63) is 18.0 Å². The number of rotatable bonds is 8. The van der Waals surface area contributed by atoms with E-state index in [-0.39, 0.29) is 36.7 Å². The van der Waals surface area contributed by atoms with E-state index in [4.69, 9.17) is 0 Å². The molecule has 0 bridgehead atoms. The van der Waals surface area contributed by atoms with E-state index >= 15 is 0 Å². The van der Waals surface area contributed by atoms with Crippen LogP contribution in [0.15, 0.2) is 12.4 Å². The van der Waals surface area contributed by atoms with Crippen LogP contribution in [-0.2, 0) is 16.6 Å². The van der Waals surface area contributed by atoms with Gasteiger partial charge in [0.15, 0.2) is 0 Å². The Morgan fingerprint density at radius 3 is 2.59 bits per heavy atom. The van der Waals surface area contributed by atoms with Gasteiger partial charge < -0.3 is 16.0 Å². The Bertz CT molecular complexity index is 478. The summed E-state index contributed by atoms with van der Waals surface area (Å²) >= 11 is 0. The fourth-order valence-corrected chi connectivity index (χ4v) is 1.89. The molecule has 0 aromatic carbocycles. The van der Waals surface area contributed by atoms with Crippen LogP contribution in [0.3, 0.4) is 0 Å². The van der Waals surface area contributed by atoms with Crippen molar-refractivity contribution in [1.29, 1.82) is 0 Å². The van der Waals surface area contributed by atoms with Gasteiger partial charge >= 0.3 is 0 Å². The molecule has 22 heavy (non-hydrogen) atoms. The van der Waals surface area contributed by atoms with Crippen molar-refractivity contribution >= 4 is 24.2 Å². The maximum atomic E-state index is 12.1. The van der Waals surface area contributed by atoms with E-state index in [0.29, 0.717) is 6.54 Å². The van der Waals surface area contributed by atoms with E-state index in [0.717, 1.165) is 12.0 Å². The summed E-state index contributed by atoms with van der Waals surface area (Å²) in [6, 6.07) is -0.301. The Morgan fingerprint density at radius 2 is 2.09 bits per heavy atom. The zero-order valence-electron chi connectivity index (χ0n) is 13.5. The molecule has 8 heteroatoms. The normalized spacial score (nSPS) is 12.9. The highest BCUT2D eigenvalue weighted by atomic mass is 35.5. The van der Waals surface area contributed by atoms with Crippen LogP contribution in [0.2, 0.25) is 0 Å². The van der Waals surface area contributed by atoms with Gasteiger partial charge in [0.05, 0.1) is 6.20 Å². The number of nitrogens with zero attached hydrogens (tertiary/aromatic N) is 2. The summed E-state index contributed by atoms with van der Waals surface area (Å²) in [5.41, 5.74) is 0.793. The second-order valence-electron chi connectivity index (χ2n) is 5.09. The lowest BCUT2D eigenvalue weighted by molar-refractivity contribution is -0.123. The molecule has 0 saturated heterocycles. The van der Waals surface area contributed by atoms with Crippen molar-refractivity contribution in [3.63, 3.8) is 0 Å². The fraction of sp³-hybridized carbons (Fsp3) is 0.643. The number of carbonyl (C=O) groups is 2. The standard InChI is InChI=1S/C14H25N5O2.ClH/c1-5-10(2)18-12(20)6-7-16-14(21)13(15-3)11-8-17-19(4)9-11;/h8-10,13,15H,5-7H2,1-4H3,(H,16,21)(H,18,20);1H. The van der Waals surface area contributed by atoms with Gasteiger partial charge in [0.25, 0.3) is 0 Å². The molecule has 1 rings (SSSR count). The number of amides is 2. The van der Waals surface area contributed by atoms with E-state index in [2.05, 4.69) is 21.0 Å². The summed E-state index contributed by atoms with van der Waals surface area (Å²) in [5.74, 6) is -0.214. The van der Waals surface area contributed by atoms with E-state index in [1.807, 2.05) is 13.8 Å². The number of halogens is 1. The molecular weight excluding hydrogens is 306 g/mol. The Morgan fingerprint density at radius 1 is 1.41 bits per heavy atom. The molecule has 0 spiro atoms. The van der Waals surface area contributed by atoms with Crippen LogP contribution < -0.4 is 16.0 Å². The molecule has 2 amide bonds. The Kier molecular flexibility index (Phi) is 9.44. The molecule has 2 atom stereocenters. The van der Waals surface area contributed by atoms with Crippen molar-refractivity contribution < 1.29 is 9.59 Å². The molecule has 3 N–H and O–H groups in total. The van der Waals surface area contributed by atoms with Gasteiger partial charge in [-0.15, -0.1) is 12.4 Å². The van der Waals surface area contributed by atoms with Crippen LogP contribution in [0.1, 0.15) is 38.3 Å². The average Bonchev–Trinajstić information content (AvgIpc) is 2.85. The molecule has 1 aromatic heterocycles. The Hall–Kier alpha value is -1.60. The van der Waals surface area contributed by atoms with E-state index in [1.54, 1.807) is 31.2 Å². The van der Waals surface area contributed by atoms with E-state index in [1.165, 1.54) is 0 Å². The van der Waals surface area contributed by atoms with Crippen LogP contribution in [0, 0.1) is 0 Å². The van der Waals surface area contributed by atoms with Gasteiger partial charge in [-0.25, -0.2) is 0 Å². The quantitative estimate of drug-likeness (QED) is 0.648. The third-order valence-corrected chi connectivity index (χ3v) is 3.28. The van der Waals surface area contributed by atoms with Gasteiger partial charge in [-0.3, -0.25) is 14.3 Å². The summed E-state index contributed by atoms with van der Waals surface area (Å²) < 4.78 is 1.65. The van der Waals surface area contributed by atoms with Gasteiger partial charge in [0, 0.05) is 37.8 Å². The first-order valence-electron chi connectivity index (χ1n) is 7.20. The largest absolute Gasteiger partial charge is 0.354 e. The van der Waals surface area contributed by atoms with Gasteiger partial charge in [-0.2, -0.15) is 5.10 Å². The summed E-state index contributed by atoms with van der Waals surface area (Å²) in [6.45, 7) is 4.29. The minimum atomic E-state index is -0.462. The number of aromatic nitrogens is 2. The highest BCUT2D eigenvalue weighted by Crippen LogP contribution is 2.10. The van der Waals surface area contributed by atoms with Crippen LogP contribution >= 0.6 is 12.4 Å². The molecular formula is C14H26ClN5O2. The lowest BCUT2D eigenvalue weighted by atomic mass is 10.1. The Balaban J connectivity index is 0.00000441. The zero-order chi connectivity index (χ0) is 15.8. The van der Waals surface area contributed by atoms with E-state index < -0.39 is 6.04 Å². The van der Waals surface area contributed by atoms with E-state index in [9.17, 15) is 9.59 Å². The third-order valence-electron chi connectivity index (χ3n) is 3.28. The predicted octanol–water partition coefficient (Wildman–Crippen LogP) is 0.523. The third kappa shape index (κ3) is 6.44. The van der Waals surface area contributed by atoms with Crippen LogP contribution in [0.5, 0.6) is 0 Å². The second kappa shape index (κ2) is 10.2. The molecule has 1 aromatic rings. The lowest BCUT2D eigenvalue weighted by Crippen LogP contribution is -2.39. The maximum Gasteiger partial charge on any atom is 0.241 e. The van der Waals surface area contributed by atoms with Crippen molar-refractivity contribution in [2.24, 2.45) is 7.05 Å². The second-order valence-corrected chi connectivity index (χ2v) is 5.09. The summed E-state index contributed by atoms with van der Waals surface area (Å²) in [6.07, 6.45) is 4.60. The molecule has 0 aliphatic rings. The average molecular weight is 332 g/mol. The van der Waals surface area contributed by atoms with Crippen molar-refractivity contribution in [2.75, 3.05) is 13.6 Å². The molecule has 0 fully saturated rings. The first-order valence-corrected chi connectivity index (χ1v) is 7.20. The molecule has 2 unspecified atom stereocenters. The molecule has 126 valence electrons. The summed E-state index contributed by atoms with van der Waals surface area (Å²) in [4.78, 5) is 23.7. The predicted molar refractivity (Wildman–Crippen MR) is 87.8 cm³/mol. The van der Waals surface area contributed by atoms with Crippen LogP contribution in [0.4, 0.5) is 0 Å². The summed E-state index contributed by atoms with van der Waals surface area (Å²) in [7, 11) is 3.51. The minimum absolute atomic E-state index is 0. The lowest BCUT2D eigenvalue weighted by Gasteiger charge is -2.15.